The highest BCUT2D eigenvalue weighted by Crippen LogP contribution is 2.36. The van der Waals surface area contributed by atoms with Crippen LogP contribution in [0.25, 0.3) is 0 Å². The second kappa shape index (κ2) is 4.15. The summed E-state index contributed by atoms with van der Waals surface area (Å²) < 4.78 is 52.8. The van der Waals surface area contributed by atoms with E-state index in [0.717, 1.165) is 12.1 Å². The largest absolute Gasteiger partial charge is 0.399 e. The number of anilines is 1. The molecule has 1 saturated carbocycles. The number of benzene rings is 1. The second-order valence-electron chi connectivity index (χ2n) is 4.36. The van der Waals surface area contributed by atoms with E-state index in [1.54, 1.807) is 0 Å². The Balaban J connectivity index is 2.42. The summed E-state index contributed by atoms with van der Waals surface area (Å²) in [7, 11) is -4.36. The van der Waals surface area contributed by atoms with Gasteiger partial charge >= 0.3 is 0 Å². The van der Waals surface area contributed by atoms with E-state index in [1.165, 1.54) is 0 Å². The summed E-state index contributed by atoms with van der Waals surface area (Å²) in [5.41, 5.74) is 4.01. The van der Waals surface area contributed by atoms with Gasteiger partial charge in [0, 0.05) is 5.69 Å². The molecule has 1 fully saturated rings. The van der Waals surface area contributed by atoms with Gasteiger partial charge in [0.2, 0.25) is 10.0 Å². The number of rotatable bonds is 4. The summed E-state index contributed by atoms with van der Waals surface area (Å²) in [6.07, 6.45) is 0.863. The number of nitrogen functional groups attached to an aromatic ring is 1. The van der Waals surface area contributed by atoms with E-state index in [4.69, 9.17) is 10.8 Å². The fourth-order valence-corrected chi connectivity index (χ4v) is 3.19. The van der Waals surface area contributed by atoms with Crippen LogP contribution >= 0.6 is 0 Å². The predicted molar refractivity (Wildman–Crippen MR) is 60.1 cm³/mol. The maximum atomic E-state index is 13.5. The molecule has 5 nitrogen and oxygen atoms in total. The van der Waals surface area contributed by atoms with Crippen molar-refractivity contribution in [3.63, 3.8) is 0 Å². The topological polar surface area (TPSA) is 92.4 Å². The zero-order valence-electron chi connectivity index (χ0n) is 9.28. The van der Waals surface area contributed by atoms with E-state index in [2.05, 4.69) is 4.72 Å². The predicted octanol–water partition coefficient (Wildman–Crippen LogP) is 0.350. The molecule has 1 aromatic rings. The van der Waals surface area contributed by atoms with Crippen LogP contribution < -0.4 is 10.5 Å². The van der Waals surface area contributed by atoms with Gasteiger partial charge in [-0.15, -0.1) is 0 Å². The van der Waals surface area contributed by atoms with E-state index in [9.17, 15) is 17.2 Å². The standard InChI is InChI=1S/C10H12F2N2O3S/c11-7-3-6(13)4-8(12)9(7)18(16,17)14-10(5-15)1-2-10/h3-4,14-15H,1-2,5,13H2. The Morgan fingerprint density at radius 1 is 1.33 bits per heavy atom. The fourth-order valence-electron chi connectivity index (χ4n) is 1.62. The van der Waals surface area contributed by atoms with Gasteiger partial charge in [0.05, 0.1) is 12.1 Å². The molecule has 0 atom stereocenters. The maximum Gasteiger partial charge on any atom is 0.247 e. The van der Waals surface area contributed by atoms with Gasteiger partial charge in [0.15, 0.2) is 4.90 Å². The van der Waals surface area contributed by atoms with Crippen LogP contribution in [0.1, 0.15) is 12.8 Å². The van der Waals surface area contributed by atoms with Crippen molar-refractivity contribution in [3.05, 3.63) is 23.8 Å². The summed E-state index contributed by atoms with van der Waals surface area (Å²) in [5, 5.41) is 9.02. The molecule has 0 radical (unpaired) electrons. The van der Waals surface area contributed by atoms with E-state index < -0.39 is 38.7 Å². The minimum absolute atomic E-state index is 0.202. The van der Waals surface area contributed by atoms with Gasteiger partial charge in [-0.25, -0.2) is 21.9 Å². The van der Waals surface area contributed by atoms with E-state index in [1.807, 2.05) is 0 Å². The second-order valence-corrected chi connectivity index (χ2v) is 5.98. The van der Waals surface area contributed by atoms with Crippen molar-refractivity contribution in [2.24, 2.45) is 0 Å². The van der Waals surface area contributed by atoms with Crippen molar-refractivity contribution in [1.29, 1.82) is 0 Å². The van der Waals surface area contributed by atoms with Gasteiger partial charge in [-0.3, -0.25) is 0 Å². The zero-order valence-corrected chi connectivity index (χ0v) is 10.1. The summed E-state index contributed by atoms with van der Waals surface area (Å²) in [4.78, 5) is -1.07. The average molecular weight is 278 g/mol. The van der Waals surface area contributed by atoms with Crippen molar-refractivity contribution in [2.75, 3.05) is 12.3 Å². The van der Waals surface area contributed by atoms with Crippen LogP contribution in [0.4, 0.5) is 14.5 Å². The lowest BCUT2D eigenvalue weighted by molar-refractivity contribution is 0.246. The Bertz CT molecular complexity index is 562. The maximum absolute atomic E-state index is 13.5. The number of aliphatic hydroxyl groups is 1. The zero-order chi connectivity index (χ0) is 13.6. The minimum atomic E-state index is -4.36. The SMILES string of the molecule is Nc1cc(F)c(S(=O)(=O)NC2(CO)CC2)c(F)c1. The van der Waals surface area contributed by atoms with E-state index >= 15 is 0 Å². The Hall–Kier alpha value is -1.25. The number of nitrogens with two attached hydrogens (primary N) is 1. The van der Waals surface area contributed by atoms with Crippen molar-refractivity contribution in [1.82, 2.24) is 4.72 Å². The van der Waals surface area contributed by atoms with Gasteiger partial charge in [0.1, 0.15) is 11.6 Å². The molecule has 1 aromatic carbocycles. The van der Waals surface area contributed by atoms with E-state index in [-0.39, 0.29) is 5.69 Å². The highest BCUT2D eigenvalue weighted by molar-refractivity contribution is 7.89. The molecule has 100 valence electrons. The van der Waals surface area contributed by atoms with Gasteiger partial charge in [0.25, 0.3) is 0 Å². The number of aliphatic hydroxyl groups excluding tert-OH is 1. The number of hydrogen-bond donors (Lipinski definition) is 3. The molecule has 0 unspecified atom stereocenters. The van der Waals surface area contributed by atoms with Crippen molar-refractivity contribution >= 4 is 15.7 Å². The quantitative estimate of drug-likeness (QED) is 0.693. The van der Waals surface area contributed by atoms with Gasteiger partial charge in [-0.05, 0) is 25.0 Å². The minimum Gasteiger partial charge on any atom is -0.399 e. The molecule has 2 rings (SSSR count). The molecule has 1 aliphatic rings. The number of hydrogen-bond acceptors (Lipinski definition) is 4. The molecular weight excluding hydrogens is 266 g/mol. The van der Waals surface area contributed by atoms with Crippen LogP contribution in [0, 0.1) is 11.6 Å². The highest BCUT2D eigenvalue weighted by atomic mass is 32.2. The van der Waals surface area contributed by atoms with E-state index in [0.29, 0.717) is 12.8 Å². The summed E-state index contributed by atoms with van der Waals surface area (Å²) in [6.45, 7) is -0.412. The number of halogens is 2. The molecule has 0 aliphatic heterocycles. The first-order chi connectivity index (χ1) is 8.30. The molecule has 0 saturated heterocycles. The number of sulfonamides is 1. The monoisotopic (exact) mass is 278 g/mol. The van der Waals surface area contributed by atoms with Crippen LogP contribution in [-0.4, -0.2) is 25.7 Å². The summed E-state index contributed by atoms with van der Waals surface area (Å²) in [6, 6.07) is 1.46. The van der Waals surface area contributed by atoms with Crippen LogP contribution in [0.2, 0.25) is 0 Å². The van der Waals surface area contributed by atoms with Gasteiger partial charge in [-0.1, -0.05) is 0 Å². The molecule has 0 spiro atoms. The molecular formula is C10H12F2N2O3S. The van der Waals surface area contributed by atoms with Gasteiger partial charge < -0.3 is 10.8 Å². The van der Waals surface area contributed by atoms with Crippen LogP contribution in [-0.2, 0) is 10.0 Å². The molecule has 8 heteroatoms. The normalized spacial score (nSPS) is 17.7. The Labute approximate surface area is 103 Å². The summed E-state index contributed by atoms with van der Waals surface area (Å²) >= 11 is 0. The van der Waals surface area contributed by atoms with Crippen LogP contribution in [0.15, 0.2) is 17.0 Å². The van der Waals surface area contributed by atoms with Crippen molar-refractivity contribution < 1.29 is 22.3 Å². The van der Waals surface area contributed by atoms with Crippen molar-refractivity contribution in [2.45, 2.75) is 23.3 Å². The third kappa shape index (κ3) is 2.31. The number of nitrogens with one attached hydrogen (secondary N) is 1. The molecule has 0 aromatic heterocycles. The van der Waals surface area contributed by atoms with Gasteiger partial charge in [-0.2, -0.15) is 0 Å². The third-order valence-electron chi connectivity index (χ3n) is 2.80. The molecule has 0 heterocycles. The first-order valence-electron chi connectivity index (χ1n) is 5.19. The average Bonchev–Trinajstić information content (AvgIpc) is 2.95. The Morgan fingerprint density at radius 2 is 1.83 bits per heavy atom. The molecule has 0 bridgehead atoms. The highest BCUT2D eigenvalue weighted by Gasteiger charge is 2.46. The first kappa shape index (κ1) is 13.2. The lowest BCUT2D eigenvalue weighted by Gasteiger charge is -2.15. The third-order valence-corrected chi connectivity index (χ3v) is 4.43. The molecule has 4 N–H and O–H groups in total. The molecule has 0 amide bonds. The lowest BCUT2D eigenvalue weighted by atomic mass is 10.3. The lowest BCUT2D eigenvalue weighted by Crippen LogP contribution is -2.40. The molecule has 18 heavy (non-hydrogen) atoms. The fraction of sp³-hybridized carbons (Fsp3) is 0.400. The van der Waals surface area contributed by atoms with Crippen LogP contribution in [0.3, 0.4) is 0 Å². The van der Waals surface area contributed by atoms with Crippen LogP contribution in [0.5, 0.6) is 0 Å². The summed E-state index contributed by atoms with van der Waals surface area (Å²) in [5.74, 6) is -2.51. The Morgan fingerprint density at radius 3 is 2.22 bits per heavy atom. The van der Waals surface area contributed by atoms with Crippen molar-refractivity contribution in [3.8, 4) is 0 Å². The Kier molecular flexibility index (Phi) is 3.04. The molecule has 1 aliphatic carbocycles. The first-order valence-corrected chi connectivity index (χ1v) is 6.67. The smallest absolute Gasteiger partial charge is 0.247 e.